The molecule has 0 radical (unpaired) electrons. The van der Waals surface area contributed by atoms with Crippen LogP contribution in [-0.2, 0) is 11.4 Å². The maximum atomic E-state index is 13.3. The van der Waals surface area contributed by atoms with Gasteiger partial charge in [0.15, 0.2) is 5.65 Å². The van der Waals surface area contributed by atoms with Crippen molar-refractivity contribution in [2.75, 3.05) is 0 Å². The normalized spacial score (nSPS) is 17.9. The van der Waals surface area contributed by atoms with Crippen molar-refractivity contribution < 1.29 is 13.2 Å². The number of fused-ring (bicyclic) bond motifs is 1. The molecule has 0 N–H and O–H groups in total. The van der Waals surface area contributed by atoms with Gasteiger partial charge in [-0.05, 0) is 31.4 Å². The van der Waals surface area contributed by atoms with Crippen LogP contribution in [0, 0.1) is 6.92 Å². The summed E-state index contributed by atoms with van der Waals surface area (Å²) in [5, 5.41) is 0. The fourth-order valence-corrected chi connectivity index (χ4v) is 2.58. The van der Waals surface area contributed by atoms with Crippen LogP contribution in [0.15, 0.2) is 12.3 Å². The number of hydrogen-bond donors (Lipinski definition) is 0. The molecule has 7 heteroatoms. The van der Waals surface area contributed by atoms with Gasteiger partial charge in [-0.1, -0.05) is 0 Å². The summed E-state index contributed by atoms with van der Waals surface area (Å²) in [6.45, 7) is 1.82. The van der Waals surface area contributed by atoms with Gasteiger partial charge in [0.1, 0.15) is 16.9 Å². The van der Waals surface area contributed by atoms with Crippen LogP contribution >= 0.6 is 11.6 Å². The Labute approximate surface area is 112 Å². The summed E-state index contributed by atoms with van der Waals surface area (Å²) in [5.41, 5.74) is -0.286. The molecule has 2 heterocycles. The minimum atomic E-state index is -4.31. The molecule has 1 saturated carbocycles. The van der Waals surface area contributed by atoms with Crippen LogP contribution in [0.25, 0.3) is 11.2 Å². The molecular weight excluding hydrogens is 279 g/mol. The molecule has 0 spiro atoms. The Hall–Kier alpha value is -1.30. The van der Waals surface area contributed by atoms with Crippen LogP contribution in [0.5, 0.6) is 0 Å². The first kappa shape index (κ1) is 12.7. The number of alkyl halides is 4. The number of pyridine rings is 1. The molecule has 3 nitrogen and oxygen atoms in total. The first-order valence-corrected chi connectivity index (χ1v) is 6.40. The van der Waals surface area contributed by atoms with Crippen molar-refractivity contribution in [2.45, 2.75) is 37.4 Å². The summed E-state index contributed by atoms with van der Waals surface area (Å²) < 4.78 is 41.0. The van der Waals surface area contributed by atoms with Crippen molar-refractivity contribution in [3.63, 3.8) is 0 Å². The molecule has 2 aromatic heterocycles. The molecule has 1 aliphatic rings. The molecule has 3 rings (SSSR count). The number of halogens is 4. The number of rotatable bonds is 2. The quantitative estimate of drug-likeness (QED) is 0.792. The van der Waals surface area contributed by atoms with Crippen LogP contribution < -0.4 is 0 Å². The first-order valence-electron chi connectivity index (χ1n) is 5.86. The summed E-state index contributed by atoms with van der Waals surface area (Å²) >= 11 is 5.75. The molecule has 0 amide bonds. The molecular formula is C12H11ClF3N3. The van der Waals surface area contributed by atoms with Gasteiger partial charge in [-0.2, -0.15) is 13.2 Å². The van der Waals surface area contributed by atoms with Gasteiger partial charge in [-0.15, -0.1) is 11.6 Å². The van der Waals surface area contributed by atoms with Gasteiger partial charge in [-0.3, -0.25) is 4.57 Å². The van der Waals surface area contributed by atoms with E-state index in [0.29, 0.717) is 5.52 Å². The largest absolute Gasteiger partial charge is 0.412 e. The first-order chi connectivity index (χ1) is 8.89. The third-order valence-electron chi connectivity index (χ3n) is 3.50. The smallest absolute Gasteiger partial charge is 0.296 e. The minimum absolute atomic E-state index is 0.0569. The fourth-order valence-electron chi connectivity index (χ4n) is 2.40. The van der Waals surface area contributed by atoms with Crippen molar-refractivity contribution >= 4 is 22.8 Å². The highest BCUT2D eigenvalue weighted by molar-refractivity contribution is 6.16. The van der Waals surface area contributed by atoms with Gasteiger partial charge < -0.3 is 0 Å². The zero-order valence-electron chi connectivity index (χ0n) is 10.1. The van der Waals surface area contributed by atoms with Crippen molar-refractivity contribution in [1.29, 1.82) is 0 Å². The van der Waals surface area contributed by atoms with E-state index in [2.05, 4.69) is 9.97 Å². The van der Waals surface area contributed by atoms with E-state index < -0.39 is 11.7 Å². The minimum Gasteiger partial charge on any atom is -0.296 e. The zero-order valence-corrected chi connectivity index (χ0v) is 10.9. The second kappa shape index (κ2) is 3.85. The van der Waals surface area contributed by atoms with E-state index in [4.69, 9.17) is 11.6 Å². The van der Waals surface area contributed by atoms with Crippen molar-refractivity contribution in [3.8, 4) is 0 Å². The molecule has 0 saturated heterocycles. The number of aromatic nitrogens is 3. The van der Waals surface area contributed by atoms with Gasteiger partial charge in [0, 0.05) is 6.20 Å². The summed E-state index contributed by atoms with van der Waals surface area (Å²) in [6, 6.07) is 1.72. The van der Waals surface area contributed by atoms with Gasteiger partial charge >= 0.3 is 6.18 Å². The Balaban J connectivity index is 2.28. The van der Waals surface area contributed by atoms with Crippen molar-refractivity contribution in [3.05, 3.63) is 23.7 Å². The average Bonchev–Trinajstić information content (AvgIpc) is 3.05. The fraction of sp³-hybridized carbons (Fsp3) is 0.500. The summed E-state index contributed by atoms with van der Waals surface area (Å²) in [6.07, 6.45) is -2.65. The average molecular weight is 290 g/mol. The lowest BCUT2D eigenvalue weighted by molar-refractivity contribution is -0.179. The summed E-state index contributed by atoms with van der Waals surface area (Å²) in [5.74, 6) is 0.164. The highest BCUT2D eigenvalue weighted by Gasteiger charge is 2.66. The molecule has 0 aromatic carbocycles. The van der Waals surface area contributed by atoms with Crippen molar-refractivity contribution in [2.24, 2.45) is 0 Å². The van der Waals surface area contributed by atoms with E-state index in [1.165, 1.54) is 4.57 Å². The van der Waals surface area contributed by atoms with Gasteiger partial charge in [0.2, 0.25) is 0 Å². The van der Waals surface area contributed by atoms with Gasteiger partial charge in [0.25, 0.3) is 0 Å². The topological polar surface area (TPSA) is 30.7 Å². The second-order valence-corrected chi connectivity index (χ2v) is 5.15. The highest BCUT2D eigenvalue weighted by Crippen LogP contribution is 2.56. The zero-order chi connectivity index (χ0) is 13.8. The van der Waals surface area contributed by atoms with Gasteiger partial charge in [0.05, 0.1) is 5.88 Å². The Morgan fingerprint density at radius 2 is 2.11 bits per heavy atom. The SMILES string of the molecule is Cc1cnc2c(c1)nc(CCl)n2C1(C(F)(F)F)CC1. The number of imidazole rings is 1. The van der Waals surface area contributed by atoms with Crippen molar-refractivity contribution in [1.82, 2.24) is 14.5 Å². The van der Waals surface area contributed by atoms with Gasteiger partial charge in [-0.25, -0.2) is 9.97 Å². The Morgan fingerprint density at radius 3 is 2.63 bits per heavy atom. The number of hydrogen-bond acceptors (Lipinski definition) is 2. The molecule has 0 unspecified atom stereocenters. The van der Waals surface area contributed by atoms with Crippen LogP contribution in [-0.4, -0.2) is 20.7 Å². The lowest BCUT2D eigenvalue weighted by Gasteiger charge is -2.22. The maximum Gasteiger partial charge on any atom is 0.412 e. The third-order valence-corrected chi connectivity index (χ3v) is 3.74. The Bertz CT molecular complexity index is 643. The monoisotopic (exact) mass is 289 g/mol. The van der Waals surface area contributed by atoms with E-state index in [1.54, 1.807) is 12.3 Å². The highest BCUT2D eigenvalue weighted by atomic mass is 35.5. The summed E-state index contributed by atoms with van der Waals surface area (Å²) in [7, 11) is 0. The summed E-state index contributed by atoms with van der Waals surface area (Å²) in [4.78, 5) is 8.29. The van der Waals surface area contributed by atoms with E-state index in [1.807, 2.05) is 6.92 Å². The predicted molar refractivity (Wildman–Crippen MR) is 65.1 cm³/mol. The molecule has 0 aliphatic heterocycles. The molecule has 2 aromatic rings. The van der Waals surface area contributed by atoms with E-state index in [0.717, 1.165) is 5.56 Å². The third kappa shape index (κ3) is 1.73. The van der Waals surface area contributed by atoms with E-state index >= 15 is 0 Å². The maximum absolute atomic E-state index is 13.3. The lowest BCUT2D eigenvalue weighted by Crippen LogP contribution is -2.36. The number of nitrogens with zero attached hydrogens (tertiary/aromatic N) is 3. The standard InChI is InChI=1S/C12H11ClF3N3/c1-7-4-8-10(17-6-7)19(9(5-13)18-8)11(2-3-11)12(14,15)16/h4,6H,2-3,5H2,1H3. The second-order valence-electron chi connectivity index (χ2n) is 4.88. The predicted octanol–water partition coefficient (Wildman–Crippen LogP) is 3.53. The van der Waals surface area contributed by atoms with Crippen LogP contribution in [0.4, 0.5) is 13.2 Å². The van der Waals surface area contributed by atoms with Crippen LogP contribution in [0.2, 0.25) is 0 Å². The van der Waals surface area contributed by atoms with E-state index in [-0.39, 0.29) is 30.2 Å². The van der Waals surface area contributed by atoms with E-state index in [9.17, 15) is 13.2 Å². The molecule has 1 fully saturated rings. The Morgan fingerprint density at radius 1 is 1.42 bits per heavy atom. The van der Waals surface area contributed by atoms with Crippen LogP contribution in [0.3, 0.4) is 0 Å². The molecule has 102 valence electrons. The lowest BCUT2D eigenvalue weighted by atomic mass is 10.2. The number of aryl methyl sites for hydroxylation is 1. The molecule has 0 atom stereocenters. The molecule has 19 heavy (non-hydrogen) atoms. The van der Waals surface area contributed by atoms with Crippen LogP contribution in [0.1, 0.15) is 24.2 Å². The molecule has 0 bridgehead atoms. The molecule has 1 aliphatic carbocycles. The Kier molecular flexibility index (Phi) is 2.58.